The molecule has 0 aliphatic rings. The zero-order valence-electron chi connectivity index (χ0n) is 20.1. The van der Waals surface area contributed by atoms with Crippen molar-refractivity contribution in [3.05, 3.63) is 70.1 Å². The Morgan fingerprint density at radius 2 is 1.83 bits per heavy atom. The summed E-state index contributed by atoms with van der Waals surface area (Å²) < 4.78 is 10.9. The Labute approximate surface area is 207 Å². The Morgan fingerprint density at radius 3 is 2.51 bits per heavy atom. The highest BCUT2D eigenvalue weighted by molar-refractivity contribution is 7.16. The van der Waals surface area contributed by atoms with E-state index in [2.05, 4.69) is 12.2 Å². The number of methoxy groups -OCH3 is 2. The first-order valence-electron chi connectivity index (χ1n) is 11.2. The summed E-state index contributed by atoms with van der Waals surface area (Å²) in [4.78, 5) is 31.4. The van der Waals surface area contributed by atoms with Crippen LogP contribution in [-0.2, 0) is 6.42 Å². The van der Waals surface area contributed by atoms with Crippen LogP contribution in [0.4, 0.5) is 5.00 Å². The van der Waals surface area contributed by atoms with Crippen molar-refractivity contribution in [1.82, 2.24) is 4.98 Å². The Balaban J connectivity index is 1.86. The number of ether oxygens (including phenoxy) is 2. The third kappa shape index (κ3) is 4.97. The Bertz CT molecular complexity index is 1430. The third-order valence-electron chi connectivity index (χ3n) is 5.66. The van der Waals surface area contributed by atoms with E-state index in [1.807, 2.05) is 31.2 Å². The predicted octanol–water partition coefficient (Wildman–Crippen LogP) is 5.59. The lowest BCUT2D eigenvalue weighted by atomic mass is 10.0. The highest BCUT2D eigenvalue weighted by atomic mass is 32.1. The van der Waals surface area contributed by atoms with Gasteiger partial charge in [-0.3, -0.25) is 9.59 Å². The largest absolute Gasteiger partial charge is 0.497 e. The molecule has 0 saturated heterocycles. The lowest BCUT2D eigenvalue weighted by molar-refractivity contribution is 0.100. The quantitative estimate of drug-likeness (QED) is 0.336. The van der Waals surface area contributed by atoms with Gasteiger partial charge in [0.15, 0.2) is 0 Å². The molecule has 0 fully saturated rings. The molecule has 0 radical (unpaired) electrons. The number of amides is 2. The molecule has 2 aromatic carbocycles. The number of carbonyl (C=O) groups is 2. The van der Waals surface area contributed by atoms with Gasteiger partial charge in [0, 0.05) is 15.8 Å². The molecule has 7 nitrogen and oxygen atoms in total. The maximum atomic E-state index is 13.6. The third-order valence-corrected chi connectivity index (χ3v) is 6.77. The number of benzene rings is 2. The van der Waals surface area contributed by atoms with Gasteiger partial charge in [-0.05, 0) is 55.8 Å². The van der Waals surface area contributed by atoms with Crippen LogP contribution in [0.5, 0.6) is 11.5 Å². The van der Waals surface area contributed by atoms with Gasteiger partial charge in [-0.15, -0.1) is 11.3 Å². The minimum atomic E-state index is -0.573. The summed E-state index contributed by atoms with van der Waals surface area (Å²) >= 11 is 1.37. The Hall–Kier alpha value is -3.91. The molecule has 4 rings (SSSR count). The maximum absolute atomic E-state index is 13.6. The van der Waals surface area contributed by atoms with Crippen molar-refractivity contribution < 1.29 is 19.1 Å². The molecule has 0 atom stereocenters. The van der Waals surface area contributed by atoms with Gasteiger partial charge in [-0.2, -0.15) is 0 Å². The molecule has 0 unspecified atom stereocenters. The molecule has 0 saturated carbocycles. The van der Waals surface area contributed by atoms with E-state index in [1.165, 1.54) is 11.3 Å². The minimum Gasteiger partial charge on any atom is -0.497 e. The smallest absolute Gasteiger partial charge is 0.257 e. The normalized spacial score (nSPS) is 10.9. The molecule has 0 bridgehead atoms. The van der Waals surface area contributed by atoms with E-state index >= 15 is 0 Å². The average molecular weight is 490 g/mol. The van der Waals surface area contributed by atoms with E-state index in [0.717, 1.165) is 23.3 Å². The number of anilines is 1. The van der Waals surface area contributed by atoms with Crippen LogP contribution in [0.1, 0.15) is 44.5 Å². The van der Waals surface area contributed by atoms with E-state index in [-0.39, 0.29) is 5.91 Å². The molecular formula is C27H27N3O4S. The van der Waals surface area contributed by atoms with Gasteiger partial charge in [-0.25, -0.2) is 4.98 Å². The summed E-state index contributed by atoms with van der Waals surface area (Å²) in [7, 11) is 3.17. The number of thiophene rings is 1. The molecule has 35 heavy (non-hydrogen) atoms. The van der Waals surface area contributed by atoms with Gasteiger partial charge in [0.25, 0.3) is 11.8 Å². The number of hydrogen-bond acceptors (Lipinski definition) is 6. The summed E-state index contributed by atoms with van der Waals surface area (Å²) in [5.41, 5.74) is 9.26. The molecular weight excluding hydrogens is 462 g/mol. The number of nitrogens with one attached hydrogen (secondary N) is 1. The number of rotatable bonds is 8. The molecule has 180 valence electrons. The van der Waals surface area contributed by atoms with E-state index < -0.39 is 5.91 Å². The van der Waals surface area contributed by atoms with Gasteiger partial charge >= 0.3 is 0 Å². The fourth-order valence-electron chi connectivity index (χ4n) is 3.94. The second kappa shape index (κ2) is 10.1. The van der Waals surface area contributed by atoms with Crippen molar-refractivity contribution in [2.45, 2.75) is 26.7 Å². The molecule has 8 heteroatoms. The van der Waals surface area contributed by atoms with Crippen molar-refractivity contribution in [1.29, 1.82) is 0 Å². The molecule has 4 aromatic rings. The standard InChI is InChI=1S/C27H27N3O4S/c1-5-6-17-13-21(25(28)31)27(35-17)30-26(32)19-14-23(29-22-9-7-15(2)11-18(19)22)20-12-16(33-3)8-10-24(20)34-4/h7-14H,5-6H2,1-4H3,(H2,28,31)(H,30,32). The number of aromatic nitrogens is 1. The summed E-state index contributed by atoms with van der Waals surface area (Å²) in [5, 5.41) is 4.08. The van der Waals surface area contributed by atoms with E-state index in [0.29, 0.717) is 49.8 Å². The van der Waals surface area contributed by atoms with Crippen LogP contribution in [0, 0.1) is 6.92 Å². The number of nitrogens with zero attached hydrogens (tertiary/aromatic N) is 1. The first kappa shape index (κ1) is 24.2. The first-order chi connectivity index (χ1) is 16.8. The van der Waals surface area contributed by atoms with Crippen LogP contribution < -0.4 is 20.5 Å². The van der Waals surface area contributed by atoms with Crippen LogP contribution in [0.2, 0.25) is 0 Å². The molecule has 2 aromatic heterocycles. The molecule has 0 aliphatic heterocycles. The second-order valence-corrected chi connectivity index (χ2v) is 9.30. The van der Waals surface area contributed by atoms with Crippen molar-refractivity contribution in [2.24, 2.45) is 5.73 Å². The number of carbonyl (C=O) groups excluding carboxylic acids is 2. The SMILES string of the molecule is CCCc1cc(C(N)=O)c(NC(=O)c2cc(-c3cc(OC)ccc3OC)nc3ccc(C)cc23)s1. The molecule has 0 spiro atoms. The second-order valence-electron chi connectivity index (χ2n) is 8.17. The van der Waals surface area contributed by atoms with Crippen molar-refractivity contribution in [2.75, 3.05) is 19.5 Å². The first-order valence-corrected chi connectivity index (χ1v) is 12.0. The van der Waals surface area contributed by atoms with Crippen LogP contribution in [0.15, 0.2) is 48.5 Å². The van der Waals surface area contributed by atoms with Crippen molar-refractivity contribution in [3.63, 3.8) is 0 Å². The molecule has 0 aliphatic carbocycles. The van der Waals surface area contributed by atoms with Gasteiger partial charge < -0.3 is 20.5 Å². The lowest BCUT2D eigenvalue weighted by Crippen LogP contribution is -2.17. The number of hydrogen-bond donors (Lipinski definition) is 2. The number of fused-ring (bicyclic) bond motifs is 1. The van der Waals surface area contributed by atoms with Crippen molar-refractivity contribution >= 4 is 39.1 Å². The average Bonchev–Trinajstić information content (AvgIpc) is 3.25. The van der Waals surface area contributed by atoms with Gasteiger partial charge in [0.1, 0.15) is 16.5 Å². The summed E-state index contributed by atoms with van der Waals surface area (Å²) in [6, 6.07) is 14.7. The molecule has 2 heterocycles. The highest BCUT2D eigenvalue weighted by Crippen LogP contribution is 2.35. The zero-order chi connectivity index (χ0) is 25.1. The van der Waals surface area contributed by atoms with Crippen LogP contribution >= 0.6 is 11.3 Å². The van der Waals surface area contributed by atoms with Crippen LogP contribution in [0.3, 0.4) is 0 Å². The topological polar surface area (TPSA) is 104 Å². The van der Waals surface area contributed by atoms with Gasteiger partial charge in [0.2, 0.25) is 0 Å². The summed E-state index contributed by atoms with van der Waals surface area (Å²) in [6.07, 6.45) is 1.73. The Kier molecular flexibility index (Phi) is 7.02. The highest BCUT2D eigenvalue weighted by Gasteiger charge is 2.20. The number of pyridine rings is 1. The van der Waals surface area contributed by atoms with Crippen LogP contribution in [0.25, 0.3) is 22.2 Å². The molecule has 3 N–H and O–H groups in total. The number of primary amides is 1. The Morgan fingerprint density at radius 1 is 1.03 bits per heavy atom. The van der Waals surface area contributed by atoms with Gasteiger partial charge in [0.05, 0.1) is 36.6 Å². The zero-order valence-corrected chi connectivity index (χ0v) is 20.9. The fourth-order valence-corrected chi connectivity index (χ4v) is 5.10. The molecule has 2 amide bonds. The van der Waals surface area contributed by atoms with E-state index in [4.69, 9.17) is 20.2 Å². The monoisotopic (exact) mass is 489 g/mol. The predicted molar refractivity (Wildman–Crippen MR) is 140 cm³/mol. The minimum absolute atomic E-state index is 0.316. The number of nitrogens with two attached hydrogens (primary N) is 1. The lowest BCUT2D eigenvalue weighted by Gasteiger charge is -2.14. The van der Waals surface area contributed by atoms with Crippen molar-refractivity contribution in [3.8, 4) is 22.8 Å². The number of aryl methyl sites for hydroxylation is 2. The summed E-state index contributed by atoms with van der Waals surface area (Å²) in [6.45, 7) is 4.02. The van der Waals surface area contributed by atoms with E-state index in [9.17, 15) is 9.59 Å². The summed E-state index contributed by atoms with van der Waals surface area (Å²) in [5.74, 6) is 0.329. The van der Waals surface area contributed by atoms with Crippen LogP contribution in [-0.4, -0.2) is 31.0 Å². The fraction of sp³-hybridized carbons (Fsp3) is 0.222. The van der Waals surface area contributed by atoms with E-state index in [1.54, 1.807) is 38.5 Å². The maximum Gasteiger partial charge on any atom is 0.257 e. The van der Waals surface area contributed by atoms with Gasteiger partial charge in [-0.1, -0.05) is 25.0 Å².